The summed E-state index contributed by atoms with van der Waals surface area (Å²) in [4.78, 5) is 24.2. The largest absolute Gasteiger partial charge is 0.494 e. The van der Waals surface area contributed by atoms with E-state index in [2.05, 4.69) is 4.98 Å². The Morgan fingerprint density at radius 1 is 1.18 bits per heavy atom. The number of sulfone groups is 1. The van der Waals surface area contributed by atoms with E-state index in [0.29, 0.717) is 17.4 Å². The number of hydrogen-bond donors (Lipinski definition) is 0. The molecule has 1 amide bonds. The Morgan fingerprint density at radius 3 is 2.59 bits per heavy atom. The maximum atomic E-state index is 13.4. The number of rotatable bonds is 9. The summed E-state index contributed by atoms with van der Waals surface area (Å²) in [5.41, 5.74) is 2.56. The summed E-state index contributed by atoms with van der Waals surface area (Å²) in [5, 5.41) is 0.617. The molecule has 10 heteroatoms. The van der Waals surface area contributed by atoms with Crippen molar-refractivity contribution in [3.8, 4) is 5.75 Å². The van der Waals surface area contributed by atoms with Crippen LogP contribution in [0.15, 0.2) is 60.0 Å². The fourth-order valence-electron chi connectivity index (χ4n) is 3.66. The van der Waals surface area contributed by atoms with Crippen molar-refractivity contribution >= 4 is 42.4 Å². The number of hydrogen-bond acceptors (Lipinski definition) is 7. The fourth-order valence-corrected chi connectivity index (χ4v) is 5.39. The predicted molar refractivity (Wildman–Crippen MR) is 133 cm³/mol. The second-order valence-corrected chi connectivity index (χ2v) is 11.0. The zero-order valence-electron chi connectivity index (χ0n) is 19.3. The lowest BCUT2D eigenvalue weighted by Gasteiger charge is -2.20. The summed E-state index contributed by atoms with van der Waals surface area (Å²) in [6, 6.07) is 10.3. The molecule has 8 nitrogen and oxygen atoms in total. The van der Waals surface area contributed by atoms with E-state index in [9.17, 15) is 13.2 Å². The monoisotopic (exact) mass is 498 g/mol. The summed E-state index contributed by atoms with van der Waals surface area (Å²) in [6.45, 7) is 3.22. The molecule has 2 aromatic carbocycles. The molecule has 0 atom stereocenters. The third-order valence-electron chi connectivity index (χ3n) is 5.51. The Hall–Kier alpha value is -3.24. The smallest absolute Gasteiger partial charge is 0.233 e. The number of anilines is 1. The van der Waals surface area contributed by atoms with E-state index in [1.54, 1.807) is 36.7 Å². The molecule has 0 saturated heterocycles. The minimum absolute atomic E-state index is 0.103. The van der Waals surface area contributed by atoms with Crippen molar-refractivity contribution in [1.82, 2.24) is 14.5 Å². The summed E-state index contributed by atoms with van der Waals surface area (Å²) in [6.07, 6.45) is 7.40. The number of amides is 1. The van der Waals surface area contributed by atoms with Gasteiger partial charge in [0.05, 0.1) is 29.5 Å². The molecular weight excluding hydrogens is 472 g/mol. The van der Waals surface area contributed by atoms with Gasteiger partial charge in [-0.3, -0.25) is 9.69 Å². The molecule has 0 N–H and O–H groups in total. The van der Waals surface area contributed by atoms with Crippen molar-refractivity contribution in [1.29, 1.82) is 0 Å². The maximum absolute atomic E-state index is 13.4. The van der Waals surface area contributed by atoms with Crippen LogP contribution in [0.2, 0.25) is 0 Å². The van der Waals surface area contributed by atoms with E-state index in [-0.39, 0.29) is 17.2 Å². The van der Waals surface area contributed by atoms with Crippen molar-refractivity contribution in [3.05, 3.63) is 66.2 Å². The summed E-state index contributed by atoms with van der Waals surface area (Å²) < 4.78 is 31.9. The van der Waals surface area contributed by atoms with Crippen molar-refractivity contribution in [2.24, 2.45) is 0 Å². The van der Waals surface area contributed by atoms with Gasteiger partial charge in [-0.15, -0.1) is 0 Å². The number of methoxy groups -OCH3 is 1. The van der Waals surface area contributed by atoms with Crippen LogP contribution >= 0.6 is 11.3 Å². The first-order valence-electron chi connectivity index (χ1n) is 10.8. The molecular formula is C24H26N4O4S2. The molecule has 2 aromatic heterocycles. The molecule has 34 heavy (non-hydrogen) atoms. The molecule has 0 fully saturated rings. The topological polar surface area (TPSA) is 94.4 Å². The second kappa shape index (κ2) is 9.94. The fraction of sp³-hybridized carbons (Fsp3) is 0.292. The standard InChI is InChI=1S/C24H26N4O4S2/c1-17-5-10-20(32-2)22-23(17)33-24(26-22)28(13-4-12-27-14-11-25-16-27)21(29)15-18-6-8-19(9-7-18)34(3,30)31/h5-11,14,16H,4,12-13,15H2,1-3H3. The van der Waals surface area contributed by atoms with Crippen molar-refractivity contribution in [3.63, 3.8) is 0 Å². The quantitative estimate of drug-likeness (QED) is 0.348. The number of carbonyl (C=O) groups excluding carboxylic acids is 1. The number of carbonyl (C=O) groups is 1. The third-order valence-corrected chi connectivity index (χ3v) is 7.85. The van der Waals surface area contributed by atoms with E-state index in [4.69, 9.17) is 9.72 Å². The zero-order chi connectivity index (χ0) is 24.3. The molecule has 0 unspecified atom stereocenters. The molecule has 0 spiro atoms. The van der Waals surface area contributed by atoms with Crippen LogP contribution in [0.25, 0.3) is 10.2 Å². The molecule has 0 bridgehead atoms. The highest BCUT2D eigenvalue weighted by molar-refractivity contribution is 7.90. The summed E-state index contributed by atoms with van der Waals surface area (Å²) in [7, 11) is -1.68. The number of benzene rings is 2. The first kappa shape index (κ1) is 23.9. The Morgan fingerprint density at radius 2 is 1.94 bits per heavy atom. The minimum atomic E-state index is -3.29. The molecule has 4 aromatic rings. The Bertz CT molecular complexity index is 1400. The van der Waals surface area contributed by atoms with Crippen LogP contribution in [0.1, 0.15) is 17.5 Å². The Labute approximate surface area is 202 Å². The molecule has 2 heterocycles. The van der Waals surface area contributed by atoms with Crippen molar-refractivity contribution < 1.29 is 17.9 Å². The Kier molecular flexibility index (Phi) is 6.99. The summed E-state index contributed by atoms with van der Waals surface area (Å²) >= 11 is 1.47. The molecule has 4 rings (SSSR count). The maximum Gasteiger partial charge on any atom is 0.233 e. The molecule has 0 aliphatic heterocycles. The second-order valence-electron chi connectivity index (χ2n) is 8.05. The lowest BCUT2D eigenvalue weighted by Crippen LogP contribution is -2.33. The van der Waals surface area contributed by atoms with Crippen LogP contribution in [0.3, 0.4) is 0 Å². The highest BCUT2D eigenvalue weighted by Gasteiger charge is 2.22. The number of nitrogens with zero attached hydrogens (tertiary/aromatic N) is 4. The van der Waals surface area contributed by atoms with Gasteiger partial charge in [0.25, 0.3) is 0 Å². The van der Waals surface area contributed by atoms with E-state index in [1.165, 1.54) is 29.7 Å². The number of aryl methyl sites for hydroxylation is 2. The van der Waals surface area contributed by atoms with Gasteiger partial charge < -0.3 is 9.30 Å². The first-order valence-corrected chi connectivity index (χ1v) is 13.5. The molecule has 178 valence electrons. The normalized spacial score (nSPS) is 11.6. The van der Waals surface area contributed by atoms with Gasteiger partial charge in [0.2, 0.25) is 5.91 Å². The van der Waals surface area contributed by atoms with Crippen molar-refractivity contribution in [2.75, 3.05) is 24.8 Å². The van der Waals surface area contributed by atoms with E-state index >= 15 is 0 Å². The number of ether oxygens (including phenoxy) is 1. The van der Waals surface area contributed by atoms with E-state index in [1.807, 2.05) is 29.8 Å². The number of imidazole rings is 1. The average molecular weight is 499 g/mol. The van der Waals surface area contributed by atoms with Crippen molar-refractivity contribution in [2.45, 2.75) is 31.2 Å². The van der Waals surface area contributed by atoms with E-state index < -0.39 is 9.84 Å². The van der Waals surface area contributed by atoms with Gasteiger partial charge in [0.1, 0.15) is 11.3 Å². The lowest BCUT2D eigenvalue weighted by molar-refractivity contribution is -0.118. The lowest BCUT2D eigenvalue weighted by atomic mass is 10.1. The zero-order valence-corrected chi connectivity index (χ0v) is 20.9. The highest BCUT2D eigenvalue weighted by atomic mass is 32.2. The first-order chi connectivity index (χ1) is 16.3. The van der Waals surface area contributed by atoms with Gasteiger partial charge in [-0.2, -0.15) is 0 Å². The van der Waals surface area contributed by atoms with Crippen LogP contribution in [0.5, 0.6) is 5.75 Å². The molecule has 0 saturated carbocycles. The molecule has 0 radical (unpaired) electrons. The van der Waals surface area contributed by atoms with Gasteiger partial charge in [0.15, 0.2) is 15.0 Å². The predicted octanol–water partition coefficient (Wildman–Crippen LogP) is 3.88. The SMILES string of the molecule is COc1ccc(C)c2sc(N(CCCn3ccnc3)C(=O)Cc3ccc(S(C)(=O)=O)cc3)nc12. The number of aromatic nitrogens is 3. The van der Waals surface area contributed by atoms with Crippen LogP contribution < -0.4 is 9.64 Å². The van der Waals surface area contributed by atoms with Gasteiger partial charge in [-0.25, -0.2) is 18.4 Å². The average Bonchev–Trinajstić information content (AvgIpc) is 3.47. The summed E-state index contributed by atoms with van der Waals surface area (Å²) in [5.74, 6) is 0.568. The Balaban J connectivity index is 1.61. The van der Waals surface area contributed by atoms with Gasteiger partial charge >= 0.3 is 0 Å². The van der Waals surface area contributed by atoms with Gasteiger partial charge in [-0.05, 0) is 42.7 Å². The van der Waals surface area contributed by atoms with Crippen LogP contribution in [0.4, 0.5) is 5.13 Å². The van der Waals surface area contributed by atoms with Crippen LogP contribution in [-0.4, -0.2) is 48.8 Å². The highest BCUT2D eigenvalue weighted by Crippen LogP contribution is 2.36. The van der Waals surface area contributed by atoms with Gasteiger partial charge in [-0.1, -0.05) is 29.5 Å². The van der Waals surface area contributed by atoms with Crippen LogP contribution in [-0.2, 0) is 27.6 Å². The molecule has 0 aliphatic carbocycles. The van der Waals surface area contributed by atoms with Crippen LogP contribution in [0, 0.1) is 6.92 Å². The molecule has 0 aliphatic rings. The number of thiazole rings is 1. The third kappa shape index (κ3) is 5.28. The number of fused-ring (bicyclic) bond motifs is 1. The van der Waals surface area contributed by atoms with E-state index in [0.717, 1.165) is 34.3 Å². The van der Waals surface area contributed by atoms with Gasteiger partial charge in [0, 0.05) is 31.7 Å². The minimum Gasteiger partial charge on any atom is -0.494 e.